The quantitative estimate of drug-likeness (QED) is 0.836. The van der Waals surface area contributed by atoms with E-state index in [9.17, 15) is 0 Å². The number of piperidine rings is 1. The summed E-state index contributed by atoms with van der Waals surface area (Å²) in [5.74, 6) is 1.66. The van der Waals surface area contributed by atoms with Gasteiger partial charge in [0.15, 0.2) is 0 Å². The molecule has 2 heteroatoms. The Hall–Kier alpha value is -1.12. The highest BCUT2D eigenvalue weighted by Crippen LogP contribution is 2.39. The lowest BCUT2D eigenvalue weighted by Gasteiger charge is -2.23. The molecular formula is C19H28N2. The lowest BCUT2D eigenvalue weighted by atomic mass is 9.98. The molecule has 0 amide bonds. The van der Waals surface area contributed by atoms with E-state index in [0.717, 1.165) is 17.9 Å². The highest BCUT2D eigenvalue weighted by atomic mass is 15.0. The highest BCUT2D eigenvalue weighted by Gasteiger charge is 2.38. The van der Waals surface area contributed by atoms with Gasteiger partial charge in [0.25, 0.3) is 0 Å². The Balaban J connectivity index is 1.49. The second-order valence-electron chi connectivity index (χ2n) is 6.53. The average molecular weight is 284 g/mol. The highest BCUT2D eigenvalue weighted by molar-refractivity contribution is 5.54. The molecule has 1 aliphatic carbocycles. The van der Waals surface area contributed by atoms with Crippen LogP contribution in [0.3, 0.4) is 0 Å². The SMILES string of the molecule is CCC(=Cc1ccccc1)C1CC1NCC1CCNCC1. The number of hydrogen-bond donors (Lipinski definition) is 2. The predicted molar refractivity (Wildman–Crippen MR) is 90.2 cm³/mol. The Morgan fingerprint density at radius 2 is 2.00 bits per heavy atom. The lowest BCUT2D eigenvalue weighted by molar-refractivity contribution is 0.354. The summed E-state index contributed by atoms with van der Waals surface area (Å²) >= 11 is 0. The fraction of sp³-hybridized carbons (Fsp3) is 0.579. The van der Waals surface area contributed by atoms with Crippen molar-refractivity contribution in [1.29, 1.82) is 0 Å². The zero-order valence-corrected chi connectivity index (χ0v) is 13.1. The fourth-order valence-electron chi connectivity index (χ4n) is 3.47. The average Bonchev–Trinajstić information content (AvgIpc) is 3.32. The molecule has 1 heterocycles. The normalized spacial score (nSPS) is 26.8. The van der Waals surface area contributed by atoms with Crippen LogP contribution in [-0.2, 0) is 0 Å². The Kier molecular flexibility index (Phi) is 5.10. The second kappa shape index (κ2) is 7.24. The van der Waals surface area contributed by atoms with Crippen LogP contribution < -0.4 is 10.6 Å². The molecular weight excluding hydrogens is 256 g/mol. The first kappa shape index (κ1) is 14.8. The Bertz CT molecular complexity index is 460. The van der Waals surface area contributed by atoms with Gasteiger partial charge in [-0.15, -0.1) is 0 Å². The number of nitrogens with one attached hydrogen (secondary N) is 2. The summed E-state index contributed by atoms with van der Waals surface area (Å²) in [5, 5.41) is 7.25. The topological polar surface area (TPSA) is 24.1 Å². The molecule has 2 unspecified atom stereocenters. The molecule has 114 valence electrons. The number of benzene rings is 1. The van der Waals surface area contributed by atoms with Gasteiger partial charge in [0, 0.05) is 6.04 Å². The van der Waals surface area contributed by atoms with Crippen LogP contribution in [0.1, 0.15) is 38.2 Å². The van der Waals surface area contributed by atoms with E-state index in [0.29, 0.717) is 0 Å². The molecule has 2 atom stereocenters. The summed E-state index contributed by atoms with van der Waals surface area (Å²) in [4.78, 5) is 0. The molecule has 1 aromatic carbocycles. The van der Waals surface area contributed by atoms with Crippen LogP contribution in [0, 0.1) is 11.8 Å². The summed E-state index contributed by atoms with van der Waals surface area (Å²) in [5.41, 5.74) is 2.96. The van der Waals surface area contributed by atoms with Crippen molar-refractivity contribution >= 4 is 6.08 Å². The van der Waals surface area contributed by atoms with E-state index in [1.807, 2.05) is 0 Å². The summed E-state index contributed by atoms with van der Waals surface area (Å²) in [7, 11) is 0. The Labute approximate surface area is 129 Å². The van der Waals surface area contributed by atoms with Crippen LogP contribution in [0.25, 0.3) is 6.08 Å². The van der Waals surface area contributed by atoms with Crippen molar-refractivity contribution in [3.05, 3.63) is 41.5 Å². The summed E-state index contributed by atoms with van der Waals surface area (Å²) in [6, 6.07) is 11.5. The molecule has 2 nitrogen and oxygen atoms in total. The Morgan fingerprint density at radius 3 is 2.71 bits per heavy atom. The fourth-order valence-corrected chi connectivity index (χ4v) is 3.47. The van der Waals surface area contributed by atoms with Crippen LogP contribution in [0.15, 0.2) is 35.9 Å². The first-order chi connectivity index (χ1) is 10.4. The molecule has 0 radical (unpaired) electrons. The molecule has 0 bridgehead atoms. The molecule has 1 aliphatic heterocycles. The molecule has 1 aromatic rings. The summed E-state index contributed by atoms with van der Waals surface area (Å²) in [6.07, 6.45) is 7.58. The maximum atomic E-state index is 3.81. The van der Waals surface area contributed by atoms with Crippen molar-refractivity contribution in [2.45, 2.75) is 38.6 Å². The number of rotatable bonds is 6. The molecule has 1 saturated heterocycles. The van der Waals surface area contributed by atoms with E-state index in [4.69, 9.17) is 0 Å². The van der Waals surface area contributed by atoms with Crippen molar-refractivity contribution in [2.75, 3.05) is 19.6 Å². The van der Waals surface area contributed by atoms with Crippen molar-refractivity contribution in [3.8, 4) is 0 Å². The summed E-state index contributed by atoms with van der Waals surface area (Å²) in [6.45, 7) is 5.91. The molecule has 2 fully saturated rings. The molecule has 0 spiro atoms. The first-order valence-electron chi connectivity index (χ1n) is 8.56. The minimum atomic E-state index is 0.731. The molecule has 3 rings (SSSR count). The van der Waals surface area contributed by atoms with Gasteiger partial charge < -0.3 is 10.6 Å². The molecule has 2 aliphatic rings. The second-order valence-corrected chi connectivity index (χ2v) is 6.53. The van der Waals surface area contributed by atoms with E-state index >= 15 is 0 Å². The van der Waals surface area contributed by atoms with Gasteiger partial charge in [-0.1, -0.05) is 48.9 Å². The molecule has 1 saturated carbocycles. The van der Waals surface area contributed by atoms with Gasteiger partial charge in [0.2, 0.25) is 0 Å². The maximum absolute atomic E-state index is 3.81. The monoisotopic (exact) mass is 284 g/mol. The van der Waals surface area contributed by atoms with Crippen LogP contribution in [0.4, 0.5) is 0 Å². The van der Waals surface area contributed by atoms with E-state index in [2.05, 4.69) is 54.0 Å². The van der Waals surface area contributed by atoms with Gasteiger partial charge in [0.05, 0.1) is 0 Å². The first-order valence-corrected chi connectivity index (χ1v) is 8.56. The van der Waals surface area contributed by atoms with E-state index in [1.165, 1.54) is 50.9 Å². The lowest BCUT2D eigenvalue weighted by Crippen LogP contribution is -2.34. The van der Waals surface area contributed by atoms with Crippen LogP contribution in [-0.4, -0.2) is 25.7 Å². The van der Waals surface area contributed by atoms with Gasteiger partial charge in [-0.2, -0.15) is 0 Å². The molecule has 0 aromatic heterocycles. The summed E-state index contributed by atoms with van der Waals surface area (Å²) < 4.78 is 0. The smallest absolute Gasteiger partial charge is 0.0140 e. The molecule has 2 N–H and O–H groups in total. The van der Waals surface area contributed by atoms with Gasteiger partial charge >= 0.3 is 0 Å². The van der Waals surface area contributed by atoms with E-state index in [1.54, 1.807) is 5.57 Å². The van der Waals surface area contributed by atoms with E-state index < -0.39 is 0 Å². The zero-order valence-electron chi connectivity index (χ0n) is 13.1. The third-order valence-electron chi connectivity index (χ3n) is 4.95. The maximum Gasteiger partial charge on any atom is 0.0140 e. The Morgan fingerprint density at radius 1 is 1.24 bits per heavy atom. The van der Waals surface area contributed by atoms with Crippen LogP contribution in [0.2, 0.25) is 0 Å². The van der Waals surface area contributed by atoms with Gasteiger partial charge in [0.1, 0.15) is 0 Å². The standard InChI is InChI=1S/C19H28N2/c1-2-17(12-15-6-4-3-5-7-15)18-13-19(18)21-14-16-8-10-20-11-9-16/h3-7,12,16,18-21H,2,8-11,13-14H2,1H3. The largest absolute Gasteiger partial charge is 0.317 e. The van der Waals surface area contributed by atoms with Crippen molar-refractivity contribution in [3.63, 3.8) is 0 Å². The van der Waals surface area contributed by atoms with Gasteiger partial charge in [-0.3, -0.25) is 0 Å². The van der Waals surface area contributed by atoms with Crippen molar-refractivity contribution < 1.29 is 0 Å². The number of hydrogen-bond acceptors (Lipinski definition) is 2. The van der Waals surface area contributed by atoms with Crippen LogP contribution in [0.5, 0.6) is 0 Å². The third-order valence-corrected chi connectivity index (χ3v) is 4.95. The van der Waals surface area contributed by atoms with Crippen LogP contribution >= 0.6 is 0 Å². The van der Waals surface area contributed by atoms with Gasteiger partial charge in [-0.05, 0) is 62.7 Å². The predicted octanol–water partition coefficient (Wildman–Crippen LogP) is 3.46. The van der Waals surface area contributed by atoms with Gasteiger partial charge in [-0.25, -0.2) is 0 Å². The van der Waals surface area contributed by atoms with E-state index in [-0.39, 0.29) is 0 Å². The minimum Gasteiger partial charge on any atom is -0.317 e. The molecule has 21 heavy (non-hydrogen) atoms. The minimum absolute atomic E-state index is 0.731. The third kappa shape index (κ3) is 4.18. The van der Waals surface area contributed by atoms with Crippen molar-refractivity contribution in [2.24, 2.45) is 11.8 Å². The zero-order chi connectivity index (χ0) is 14.5. The van der Waals surface area contributed by atoms with Crippen molar-refractivity contribution in [1.82, 2.24) is 10.6 Å².